The van der Waals surface area contributed by atoms with Crippen LogP contribution in [0.4, 0.5) is 5.69 Å². The van der Waals surface area contributed by atoms with Gasteiger partial charge in [0.2, 0.25) is 0 Å². The van der Waals surface area contributed by atoms with Crippen LogP contribution in [-0.4, -0.2) is 22.2 Å². The predicted octanol–water partition coefficient (Wildman–Crippen LogP) is 1.41. The second kappa shape index (κ2) is 5.60. The highest BCUT2D eigenvalue weighted by molar-refractivity contribution is 7.93. The van der Waals surface area contributed by atoms with Crippen molar-refractivity contribution in [2.75, 3.05) is 18.6 Å². The van der Waals surface area contributed by atoms with Crippen molar-refractivity contribution >= 4 is 16.9 Å². The van der Waals surface area contributed by atoms with Gasteiger partial charge in [0.1, 0.15) is 24.0 Å². The third-order valence-electron chi connectivity index (χ3n) is 2.47. The minimum atomic E-state index is -0.112. The van der Waals surface area contributed by atoms with E-state index < -0.39 is 0 Å². The Labute approximate surface area is 105 Å². The first kappa shape index (κ1) is 14.1. The molecule has 1 aromatic heterocycles. The van der Waals surface area contributed by atoms with E-state index in [1.807, 2.05) is 0 Å². The van der Waals surface area contributed by atoms with Crippen LogP contribution in [0.15, 0.2) is 23.1 Å². The monoisotopic (exact) mass is 257 g/mol. The van der Waals surface area contributed by atoms with Crippen LogP contribution >= 0.6 is 0 Å². The Kier molecular flexibility index (Phi) is 4.65. The van der Waals surface area contributed by atoms with Gasteiger partial charge in [0.15, 0.2) is 4.75 Å². The van der Waals surface area contributed by atoms with E-state index in [-0.39, 0.29) is 21.5 Å². The highest BCUT2D eigenvalue weighted by Crippen LogP contribution is 2.17. The van der Waals surface area contributed by atoms with Gasteiger partial charge in [0, 0.05) is 18.0 Å². The lowest BCUT2D eigenvalue weighted by atomic mass is 10.3. The van der Waals surface area contributed by atoms with E-state index in [0.717, 1.165) is 0 Å². The van der Waals surface area contributed by atoms with Gasteiger partial charge in [0.25, 0.3) is 5.56 Å². The van der Waals surface area contributed by atoms with Crippen molar-refractivity contribution in [3.8, 4) is 0 Å². The predicted molar refractivity (Wildman–Crippen MR) is 74.1 cm³/mol. The Morgan fingerprint density at radius 1 is 1.47 bits per heavy atom. The largest absolute Gasteiger partial charge is 0.399 e. The fourth-order valence-corrected chi connectivity index (χ4v) is 1.82. The molecule has 0 aliphatic heterocycles. The normalized spacial score (nSPS) is 13.6. The second-order valence-corrected chi connectivity index (χ2v) is 7.25. The number of hydrogen-bond acceptors (Lipinski definition) is 3. The standard InChI is InChI=1S/C12H20N2O2S/c1-12(2,3)17(4)16-8-7-14-6-5-10(13)9-11(14)15/h5-6,9H,7-8H2,1-4H3,(H-,13,15)/p+1. The minimum absolute atomic E-state index is 0.0830. The molecule has 1 atom stereocenters. The van der Waals surface area contributed by atoms with Crippen molar-refractivity contribution in [2.45, 2.75) is 32.1 Å². The molecule has 2 N–H and O–H groups in total. The van der Waals surface area contributed by atoms with Crippen molar-refractivity contribution in [3.63, 3.8) is 0 Å². The first-order valence-corrected chi connectivity index (χ1v) is 7.12. The van der Waals surface area contributed by atoms with Gasteiger partial charge >= 0.3 is 0 Å². The van der Waals surface area contributed by atoms with E-state index in [9.17, 15) is 4.79 Å². The molecular formula is C12H21N2O2S+. The second-order valence-electron chi connectivity index (χ2n) is 4.88. The maximum atomic E-state index is 11.5. The summed E-state index contributed by atoms with van der Waals surface area (Å²) in [5.41, 5.74) is 5.93. The van der Waals surface area contributed by atoms with Gasteiger partial charge in [0.05, 0.1) is 6.54 Å². The summed E-state index contributed by atoms with van der Waals surface area (Å²) in [6.07, 6.45) is 3.78. The summed E-state index contributed by atoms with van der Waals surface area (Å²) in [7, 11) is 0. The molecule has 1 unspecified atom stereocenters. The van der Waals surface area contributed by atoms with Gasteiger partial charge < -0.3 is 10.3 Å². The third-order valence-corrected chi connectivity index (χ3v) is 4.72. The van der Waals surface area contributed by atoms with Crippen LogP contribution in [0, 0.1) is 0 Å². The van der Waals surface area contributed by atoms with E-state index in [4.69, 9.17) is 9.92 Å². The van der Waals surface area contributed by atoms with Crippen LogP contribution in [0.25, 0.3) is 0 Å². The van der Waals surface area contributed by atoms with E-state index in [1.165, 1.54) is 6.07 Å². The van der Waals surface area contributed by atoms with Crippen molar-refractivity contribution in [3.05, 3.63) is 28.7 Å². The van der Waals surface area contributed by atoms with Gasteiger partial charge in [-0.15, -0.1) is 0 Å². The average molecular weight is 257 g/mol. The third kappa shape index (κ3) is 4.44. The molecule has 0 radical (unpaired) electrons. The molecule has 1 rings (SSSR count). The number of nitrogens with two attached hydrogens (primary N) is 1. The summed E-state index contributed by atoms with van der Waals surface area (Å²) in [5, 5.41) is 0. The summed E-state index contributed by atoms with van der Waals surface area (Å²) in [4.78, 5) is 11.5. The number of pyridine rings is 1. The maximum Gasteiger partial charge on any atom is 0.252 e. The molecule has 0 saturated carbocycles. The molecule has 0 bridgehead atoms. The van der Waals surface area contributed by atoms with E-state index in [2.05, 4.69) is 27.0 Å². The molecule has 4 nitrogen and oxygen atoms in total. The van der Waals surface area contributed by atoms with Crippen LogP contribution in [0.3, 0.4) is 0 Å². The number of aromatic nitrogens is 1. The summed E-state index contributed by atoms with van der Waals surface area (Å²) in [6, 6.07) is 3.15. The number of nitrogens with zero attached hydrogens (tertiary/aromatic N) is 1. The molecule has 96 valence electrons. The fourth-order valence-electron chi connectivity index (χ4n) is 1.15. The smallest absolute Gasteiger partial charge is 0.252 e. The Morgan fingerprint density at radius 3 is 2.65 bits per heavy atom. The highest BCUT2D eigenvalue weighted by atomic mass is 32.2. The van der Waals surface area contributed by atoms with Gasteiger partial charge in [-0.1, -0.05) is 0 Å². The zero-order valence-corrected chi connectivity index (χ0v) is 11.7. The molecule has 0 fully saturated rings. The van der Waals surface area contributed by atoms with Crippen molar-refractivity contribution < 1.29 is 4.18 Å². The molecule has 0 amide bonds. The fraction of sp³-hybridized carbons (Fsp3) is 0.583. The molecule has 0 aliphatic carbocycles. The lowest BCUT2D eigenvalue weighted by Gasteiger charge is -2.15. The summed E-state index contributed by atoms with van der Waals surface area (Å²) >= 11 is -0.112. The van der Waals surface area contributed by atoms with Gasteiger partial charge in [-0.05, 0) is 26.8 Å². The van der Waals surface area contributed by atoms with E-state index in [1.54, 1.807) is 16.8 Å². The van der Waals surface area contributed by atoms with Crippen LogP contribution < -0.4 is 11.3 Å². The topological polar surface area (TPSA) is 57.2 Å². The number of hydrogen-bond donors (Lipinski definition) is 1. The summed E-state index contributed by atoms with van der Waals surface area (Å²) in [6.45, 7) is 7.54. The maximum absolute atomic E-state index is 11.5. The zero-order chi connectivity index (χ0) is 13.1. The highest BCUT2D eigenvalue weighted by Gasteiger charge is 2.31. The van der Waals surface area contributed by atoms with Crippen LogP contribution in [0.5, 0.6) is 0 Å². The molecule has 1 aromatic rings. The lowest BCUT2D eigenvalue weighted by molar-refractivity contribution is 0.328. The molecular weight excluding hydrogens is 236 g/mol. The summed E-state index contributed by atoms with van der Waals surface area (Å²) in [5.74, 6) is 0. The average Bonchev–Trinajstić information content (AvgIpc) is 2.19. The van der Waals surface area contributed by atoms with Crippen molar-refractivity contribution in [2.24, 2.45) is 0 Å². The number of anilines is 1. The van der Waals surface area contributed by atoms with Gasteiger partial charge in [-0.25, -0.2) is 0 Å². The molecule has 17 heavy (non-hydrogen) atoms. The van der Waals surface area contributed by atoms with E-state index in [0.29, 0.717) is 18.8 Å². The molecule has 0 aromatic carbocycles. The first-order valence-electron chi connectivity index (χ1n) is 5.56. The van der Waals surface area contributed by atoms with Crippen molar-refractivity contribution in [1.29, 1.82) is 0 Å². The lowest BCUT2D eigenvalue weighted by Crippen LogP contribution is -2.31. The Bertz CT molecular complexity index is 423. The van der Waals surface area contributed by atoms with Crippen molar-refractivity contribution in [1.82, 2.24) is 4.57 Å². The quantitative estimate of drug-likeness (QED) is 0.830. The van der Waals surface area contributed by atoms with Crippen LogP contribution in [-0.2, 0) is 21.9 Å². The SMILES string of the molecule is C[S+](OCCn1ccc(N)cc1=O)C(C)(C)C. The molecule has 1 heterocycles. The molecule has 0 saturated heterocycles. The van der Waals surface area contributed by atoms with Crippen LogP contribution in [0.2, 0.25) is 0 Å². The zero-order valence-electron chi connectivity index (χ0n) is 10.9. The Morgan fingerprint density at radius 2 is 2.12 bits per heavy atom. The minimum Gasteiger partial charge on any atom is -0.399 e. The molecule has 0 spiro atoms. The molecule has 5 heteroatoms. The number of rotatable bonds is 4. The van der Waals surface area contributed by atoms with E-state index >= 15 is 0 Å². The van der Waals surface area contributed by atoms with Gasteiger partial charge in [-0.3, -0.25) is 4.79 Å². The molecule has 0 aliphatic rings. The first-order chi connectivity index (χ1) is 7.80. The number of nitrogen functional groups attached to an aromatic ring is 1. The summed E-state index contributed by atoms with van der Waals surface area (Å²) < 4.78 is 7.48. The Hall–Kier alpha value is -0.940. The van der Waals surface area contributed by atoms with Crippen LogP contribution in [0.1, 0.15) is 20.8 Å². The van der Waals surface area contributed by atoms with Gasteiger partial charge in [-0.2, -0.15) is 4.18 Å². The Balaban J connectivity index is 2.49.